The van der Waals surface area contributed by atoms with Gasteiger partial charge in [-0.15, -0.1) is 0 Å². The number of aromatic nitrogens is 2. The number of rotatable bonds is 12. The molecule has 4 aromatic rings. The van der Waals surface area contributed by atoms with Crippen LogP contribution in [-0.2, 0) is 27.5 Å². The van der Waals surface area contributed by atoms with Crippen LogP contribution in [0.15, 0.2) is 78.1 Å². The van der Waals surface area contributed by atoms with Crippen LogP contribution in [0.4, 0.5) is 33.0 Å². The van der Waals surface area contributed by atoms with E-state index in [-0.39, 0.29) is 61.2 Å². The number of alkyl halides is 3. The van der Waals surface area contributed by atoms with Gasteiger partial charge in [-0.3, -0.25) is 4.90 Å². The first-order valence-electron chi connectivity index (χ1n) is 19.0. The molecule has 2 heterocycles. The van der Waals surface area contributed by atoms with E-state index in [0.717, 1.165) is 39.8 Å². The van der Waals surface area contributed by atoms with Crippen molar-refractivity contribution >= 4 is 39.6 Å². The van der Waals surface area contributed by atoms with E-state index in [0.29, 0.717) is 16.9 Å². The SMILES string of the molecule is COc1ccc(CN(c2ccncn2)S(=O)(=O)c2cc(Cl)c(O[C@H]3CC[C@H](c4cccc(C(F)(F)F)c4)C[C@@H]3N(C(=O)OC(C)(C)C)C3CN(C(=O)O)C3)cc2F)c(OC)c1. The molecule has 2 fully saturated rings. The van der Waals surface area contributed by atoms with Gasteiger partial charge < -0.3 is 29.0 Å². The molecule has 0 unspecified atom stereocenters. The van der Waals surface area contributed by atoms with E-state index in [9.17, 15) is 36.3 Å². The Hall–Kier alpha value is -5.56. The number of carboxylic acid groups (broad SMARTS) is 1. The van der Waals surface area contributed by atoms with Gasteiger partial charge in [0.25, 0.3) is 10.0 Å². The summed E-state index contributed by atoms with van der Waals surface area (Å²) in [5.74, 6) is -1.41. The average Bonchev–Trinajstić information content (AvgIpc) is 3.18. The predicted octanol–water partition coefficient (Wildman–Crippen LogP) is 8.38. The van der Waals surface area contributed by atoms with E-state index in [1.165, 1.54) is 37.4 Å². The lowest BCUT2D eigenvalue weighted by atomic mass is 9.78. The summed E-state index contributed by atoms with van der Waals surface area (Å²) in [7, 11) is -1.93. The standard InChI is InChI=1S/C41H44ClF4N5O9S/c1-40(2,3)60-39(54)51(28-21-49(22-28)38(52)53)32-16-25(24-7-6-8-27(15-24)41(44,45)46)10-12-33(32)59-35-19-31(43)36(18-30(35)42)61(55,56)50(37-13-14-47-23-48-37)20-26-9-11-29(57-4)17-34(26)58-5/h6-9,11,13-15,17-19,23,25,28,32-33H,10,12,16,20-22H2,1-5H3,(H,52,53)/t25-,32-,33-/m0/s1. The lowest BCUT2D eigenvalue weighted by molar-refractivity contribution is -0.137. The summed E-state index contributed by atoms with van der Waals surface area (Å²) in [6, 6.07) is 11.0. The molecule has 1 aliphatic carbocycles. The summed E-state index contributed by atoms with van der Waals surface area (Å²) in [4.78, 5) is 35.4. The Balaban J connectivity index is 1.37. The van der Waals surface area contributed by atoms with Crippen LogP contribution >= 0.6 is 11.6 Å². The summed E-state index contributed by atoms with van der Waals surface area (Å²) in [5.41, 5.74) is -1.10. The zero-order valence-electron chi connectivity index (χ0n) is 33.7. The highest BCUT2D eigenvalue weighted by atomic mass is 35.5. The lowest BCUT2D eigenvalue weighted by Gasteiger charge is -2.50. The largest absolute Gasteiger partial charge is 0.497 e. The number of ether oxygens (including phenoxy) is 4. The topological polar surface area (TPSA) is 161 Å². The van der Waals surface area contributed by atoms with Crippen molar-refractivity contribution in [3.8, 4) is 17.2 Å². The minimum absolute atomic E-state index is 0.0457. The van der Waals surface area contributed by atoms with Crippen molar-refractivity contribution in [3.63, 3.8) is 0 Å². The summed E-state index contributed by atoms with van der Waals surface area (Å²) in [6.07, 6.45) is -4.75. The Labute approximate surface area is 355 Å². The van der Waals surface area contributed by atoms with Crippen molar-refractivity contribution in [1.82, 2.24) is 19.8 Å². The summed E-state index contributed by atoms with van der Waals surface area (Å²) in [6.45, 7) is 4.40. The summed E-state index contributed by atoms with van der Waals surface area (Å²) >= 11 is 6.72. The molecule has 328 valence electrons. The zero-order chi connectivity index (χ0) is 44.4. The van der Waals surface area contributed by atoms with Gasteiger partial charge >= 0.3 is 18.4 Å². The minimum Gasteiger partial charge on any atom is -0.497 e. The van der Waals surface area contributed by atoms with Crippen molar-refractivity contribution in [1.29, 1.82) is 0 Å². The maximum atomic E-state index is 16.4. The van der Waals surface area contributed by atoms with E-state index in [1.54, 1.807) is 45.0 Å². The quantitative estimate of drug-likeness (QED) is 0.136. The van der Waals surface area contributed by atoms with Crippen LogP contribution in [0.2, 0.25) is 5.02 Å². The molecule has 0 spiro atoms. The van der Waals surface area contributed by atoms with Gasteiger partial charge in [0.05, 0.1) is 43.4 Å². The van der Waals surface area contributed by atoms with Gasteiger partial charge in [-0.2, -0.15) is 13.2 Å². The maximum Gasteiger partial charge on any atom is 0.416 e. The molecule has 1 N–H and O–H groups in total. The number of benzene rings is 3. The van der Waals surface area contributed by atoms with Crippen molar-refractivity contribution in [2.45, 2.75) is 87.4 Å². The van der Waals surface area contributed by atoms with Gasteiger partial charge in [0.2, 0.25) is 0 Å². The molecular formula is C41H44ClF4N5O9S. The van der Waals surface area contributed by atoms with E-state index in [1.807, 2.05) is 0 Å². The molecule has 1 aromatic heterocycles. The van der Waals surface area contributed by atoms with Crippen LogP contribution < -0.4 is 18.5 Å². The Morgan fingerprint density at radius 2 is 1.72 bits per heavy atom. The van der Waals surface area contributed by atoms with Crippen LogP contribution in [0.5, 0.6) is 17.2 Å². The number of anilines is 1. The second-order valence-corrected chi connectivity index (χ2v) is 17.8. The van der Waals surface area contributed by atoms with E-state index < -0.39 is 74.4 Å². The van der Waals surface area contributed by atoms with Gasteiger partial charge in [0.15, 0.2) is 0 Å². The van der Waals surface area contributed by atoms with Crippen molar-refractivity contribution in [3.05, 3.63) is 101 Å². The van der Waals surface area contributed by atoms with Gasteiger partial charge in [-0.05, 0) is 75.8 Å². The molecule has 20 heteroatoms. The molecule has 1 aliphatic heterocycles. The monoisotopic (exact) mass is 893 g/mol. The smallest absolute Gasteiger partial charge is 0.416 e. The Bertz CT molecular complexity index is 2350. The van der Waals surface area contributed by atoms with Gasteiger partial charge in [0, 0.05) is 43.0 Å². The molecule has 0 radical (unpaired) electrons. The molecular weight excluding hydrogens is 850 g/mol. The van der Waals surface area contributed by atoms with E-state index >= 15 is 4.39 Å². The number of methoxy groups -OCH3 is 2. The fourth-order valence-electron chi connectivity index (χ4n) is 7.42. The molecule has 2 amide bonds. The first-order chi connectivity index (χ1) is 28.7. The molecule has 6 rings (SSSR count). The first kappa shape index (κ1) is 45.0. The highest BCUT2D eigenvalue weighted by Gasteiger charge is 2.48. The number of nitrogens with zero attached hydrogens (tertiary/aromatic N) is 5. The molecule has 2 aliphatic rings. The molecule has 0 bridgehead atoms. The average molecular weight is 894 g/mol. The van der Waals surface area contributed by atoms with Crippen molar-refractivity contribution < 1.29 is 59.6 Å². The van der Waals surface area contributed by atoms with Gasteiger partial charge in [0.1, 0.15) is 51.8 Å². The number of hydrogen-bond acceptors (Lipinski definition) is 10. The zero-order valence-corrected chi connectivity index (χ0v) is 35.3. The fraction of sp³-hybridized carbons (Fsp3) is 0.415. The van der Waals surface area contributed by atoms with E-state index in [4.69, 9.17) is 30.5 Å². The highest BCUT2D eigenvalue weighted by molar-refractivity contribution is 7.92. The molecule has 1 saturated carbocycles. The van der Waals surface area contributed by atoms with Gasteiger partial charge in [-0.1, -0.05) is 29.8 Å². The summed E-state index contributed by atoms with van der Waals surface area (Å²) < 4.78 is 110. The number of halogens is 5. The fourth-order valence-corrected chi connectivity index (χ4v) is 9.16. The normalized spacial score (nSPS) is 18.5. The second-order valence-electron chi connectivity index (χ2n) is 15.6. The molecule has 14 nitrogen and oxygen atoms in total. The molecule has 3 atom stereocenters. The summed E-state index contributed by atoms with van der Waals surface area (Å²) in [5, 5.41) is 9.30. The maximum absolute atomic E-state index is 16.4. The highest BCUT2D eigenvalue weighted by Crippen LogP contribution is 2.43. The molecule has 1 saturated heterocycles. The Kier molecular flexibility index (Phi) is 13.1. The number of likely N-dealkylation sites (tertiary alicyclic amines) is 1. The van der Waals surface area contributed by atoms with Crippen molar-refractivity contribution in [2.24, 2.45) is 0 Å². The number of carbonyl (C=O) groups is 2. The first-order valence-corrected chi connectivity index (χ1v) is 20.8. The number of amides is 2. The lowest BCUT2D eigenvalue weighted by Crippen LogP contribution is -2.67. The third-order valence-corrected chi connectivity index (χ3v) is 12.5. The van der Waals surface area contributed by atoms with Crippen LogP contribution in [-0.4, -0.2) is 96.6 Å². The van der Waals surface area contributed by atoms with Crippen LogP contribution in [0.3, 0.4) is 0 Å². The third kappa shape index (κ3) is 10.2. The van der Waals surface area contributed by atoms with Crippen LogP contribution in [0, 0.1) is 5.82 Å². The second kappa shape index (κ2) is 17.8. The van der Waals surface area contributed by atoms with Crippen LogP contribution in [0.1, 0.15) is 62.6 Å². The van der Waals surface area contributed by atoms with Gasteiger partial charge in [-0.25, -0.2) is 36.7 Å². The number of carbonyl (C=O) groups excluding carboxylic acids is 1. The molecule has 61 heavy (non-hydrogen) atoms. The number of sulfonamides is 1. The van der Waals surface area contributed by atoms with Crippen LogP contribution in [0.25, 0.3) is 0 Å². The Morgan fingerprint density at radius 1 is 0.984 bits per heavy atom. The Morgan fingerprint density at radius 3 is 2.34 bits per heavy atom. The number of hydrogen-bond donors (Lipinski definition) is 1. The minimum atomic E-state index is -4.78. The van der Waals surface area contributed by atoms with Crippen molar-refractivity contribution in [2.75, 3.05) is 31.6 Å². The predicted molar refractivity (Wildman–Crippen MR) is 214 cm³/mol. The third-order valence-electron chi connectivity index (χ3n) is 10.4. The molecule has 3 aromatic carbocycles. The van der Waals surface area contributed by atoms with E-state index in [2.05, 4.69) is 9.97 Å².